The lowest BCUT2D eigenvalue weighted by molar-refractivity contribution is -0.00846. The Morgan fingerprint density at radius 3 is 2.38 bits per heavy atom. The van der Waals surface area contributed by atoms with E-state index in [1.165, 1.54) is 0 Å². The number of hydrogen-bond acceptors (Lipinski definition) is 5. The van der Waals surface area contributed by atoms with E-state index in [0.717, 1.165) is 0 Å². The monoisotopic (exact) mass is 226 g/mol. The Kier molecular flexibility index (Phi) is 5.88. The second-order valence-corrected chi connectivity index (χ2v) is 3.11. The van der Waals surface area contributed by atoms with Gasteiger partial charge in [-0.25, -0.2) is 0 Å². The molecule has 0 fully saturated rings. The van der Waals surface area contributed by atoms with Crippen LogP contribution in [0, 0.1) is 0 Å². The van der Waals surface area contributed by atoms with Gasteiger partial charge in [0.1, 0.15) is 5.75 Å². The van der Waals surface area contributed by atoms with Gasteiger partial charge < -0.3 is 24.3 Å². The molecular formula is C10H15BO5. The maximum absolute atomic E-state index is 8.86. The molecule has 6 heteroatoms. The van der Waals surface area contributed by atoms with Crippen molar-refractivity contribution in [3.05, 3.63) is 24.3 Å². The summed E-state index contributed by atoms with van der Waals surface area (Å²) in [4.78, 5) is 0. The van der Waals surface area contributed by atoms with Crippen molar-refractivity contribution in [2.45, 2.75) is 0 Å². The zero-order valence-electron chi connectivity index (χ0n) is 9.13. The highest BCUT2D eigenvalue weighted by Crippen LogP contribution is 2.07. The van der Waals surface area contributed by atoms with Gasteiger partial charge in [-0.3, -0.25) is 0 Å². The molecule has 1 aromatic rings. The molecule has 2 N–H and O–H groups in total. The molecule has 16 heavy (non-hydrogen) atoms. The van der Waals surface area contributed by atoms with Crippen LogP contribution in [-0.2, 0) is 9.47 Å². The maximum Gasteiger partial charge on any atom is 0.488 e. The highest BCUT2D eigenvalue weighted by atomic mass is 16.7. The summed E-state index contributed by atoms with van der Waals surface area (Å²) < 4.78 is 15.2. The third kappa shape index (κ3) is 4.63. The lowest BCUT2D eigenvalue weighted by Gasteiger charge is -2.07. The Balaban J connectivity index is 2.27. The molecule has 1 aromatic carbocycles. The van der Waals surface area contributed by atoms with Crippen molar-refractivity contribution in [2.24, 2.45) is 0 Å². The fourth-order valence-electron chi connectivity index (χ4n) is 1.05. The summed E-state index contributed by atoms with van der Waals surface area (Å²) in [6.07, 6.45) is 0. The standard InChI is InChI=1S/C10H15BO5/c1-14-6-7-15-8-16-10-4-2-9(3-5-10)11(12)13/h2-5,12-13H,6-8H2,1H3. The van der Waals surface area contributed by atoms with E-state index in [9.17, 15) is 0 Å². The average Bonchev–Trinajstić information content (AvgIpc) is 2.29. The van der Waals surface area contributed by atoms with E-state index < -0.39 is 7.12 Å². The molecule has 0 atom stereocenters. The van der Waals surface area contributed by atoms with E-state index in [4.69, 9.17) is 24.3 Å². The number of benzene rings is 1. The normalized spacial score (nSPS) is 10.2. The second kappa shape index (κ2) is 7.24. The van der Waals surface area contributed by atoms with Crippen molar-refractivity contribution in [1.82, 2.24) is 0 Å². The van der Waals surface area contributed by atoms with Crippen LogP contribution in [-0.4, -0.2) is 44.3 Å². The van der Waals surface area contributed by atoms with E-state index in [2.05, 4.69) is 0 Å². The topological polar surface area (TPSA) is 68.2 Å². The summed E-state index contributed by atoms with van der Waals surface area (Å²) in [7, 11) is 0.148. The van der Waals surface area contributed by atoms with Crippen LogP contribution in [0.3, 0.4) is 0 Å². The van der Waals surface area contributed by atoms with Crippen molar-refractivity contribution < 1.29 is 24.3 Å². The summed E-state index contributed by atoms with van der Waals surface area (Å²) in [6.45, 7) is 1.15. The van der Waals surface area contributed by atoms with E-state index in [0.29, 0.717) is 24.4 Å². The molecule has 88 valence electrons. The van der Waals surface area contributed by atoms with E-state index in [-0.39, 0.29) is 6.79 Å². The van der Waals surface area contributed by atoms with Crippen molar-refractivity contribution in [2.75, 3.05) is 27.1 Å². The molecule has 0 saturated carbocycles. The highest BCUT2D eigenvalue weighted by Gasteiger charge is 2.09. The van der Waals surface area contributed by atoms with E-state index in [1.807, 2.05) is 0 Å². The maximum atomic E-state index is 8.86. The average molecular weight is 226 g/mol. The number of methoxy groups -OCH3 is 1. The molecule has 0 unspecified atom stereocenters. The van der Waals surface area contributed by atoms with Crippen LogP contribution in [0.1, 0.15) is 0 Å². The predicted octanol–water partition coefficient (Wildman–Crippen LogP) is -0.634. The Hall–Kier alpha value is -1.08. The van der Waals surface area contributed by atoms with Crippen LogP contribution in [0.2, 0.25) is 0 Å². The Morgan fingerprint density at radius 2 is 1.81 bits per heavy atom. The Morgan fingerprint density at radius 1 is 1.12 bits per heavy atom. The highest BCUT2D eigenvalue weighted by molar-refractivity contribution is 6.58. The fraction of sp³-hybridized carbons (Fsp3) is 0.400. The van der Waals surface area contributed by atoms with Gasteiger partial charge in [0.05, 0.1) is 13.2 Å². The minimum atomic E-state index is -1.45. The SMILES string of the molecule is COCCOCOc1ccc(B(O)O)cc1. The summed E-state index contributed by atoms with van der Waals surface area (Å²) in [5.41, 5.74) is 0.424. The molecule has 0 aromatic heterocycles. The number of rotatable bonds is 7. The van der Waals surface area contributed by atoms with Gasteiger partial charge in [0, 0.05) is 7.11 Å². The third-order valence-electron chi connectivity index (χ3n) is 1.92. The minimum Gasteiger partial charge on any atom is -0.468 e. The molecule has 0 heterocycles. The molecular weight excluding hydrogens is 211 g/mol. The lowest BCUT2D eigenvalue weighted by Crippen LogP contribution is -2.29. The van der Waals surface area contributed by atoms with Gasteiger partial charge in [0.2, 0.25) is 0 Å². The van der Waals surface area contributed by atoms with Crippen molar-refractivity contribution in [1.29, 1.82) is 0 Å². The van der Waals surface area contributed by atoms with Gasteiger partial charge in [-0.15, -0.1) is 0 Å². The van der Waals surface area contributed by atoms with Crippen molar-refractivity contribution >= 4 is 12.6 Å². The van der Waals surface area contributed by atoms with E-state index in [1.54, 1.807) is 31.4 Å². The second-order valence-electron chi connectivity index (χ2n) is 3.11. The first-order valence-corrected chi connectivity index (χ1v) is 4.89. The molecule has 0 aliphatic rings. The first-order valence-electron chi connectivity index (χ1n) is 4.89. The summed E-state index contributed by atoms with van der Waals surface area (Å²) >= 11 is 0. The van der Waals surface area contributed by atoms with Gasteiger partial charge >= 0.3 is 7.12 Å². The zero-order valence-corrected chi connectivity index (χ0v) is 9.13. The molecule has 0 spiro atoms. The number of hydrogen-bond donors (Lipinski definition) is 2. The first kappa shape index (κ1) is 13.0. The van der Waals surface area contributed by atoms with Gasteiger partial charge in [0.25, 0.3) is 0 Å². The summed E-state index contributed by atoms with van der Waals surface area (Å²) in [5.74, 6) is 0.613. The summed E-state index contributed by atoms with van der Waals surface area (Å²) in [6, 6.07) is 6.45. The van der Waals surface area contributed by atoms with Crippen molar-refractivity contribution in [3.63, 3.8) is 0 Å². The first-order chi connectivity index (χ1) is 7.74. The quantitative estimate of drug-likeness (QED) is 0.368. The van der Waals surface area contributed by atoms with Crippen LogP contribution in [0.4, 0.5) is 0 Å². The predicted molar refractivity (Wildman–Crippen MR) is 59.6 cm³/mol. The molecule has 0 aliphatic carbocycles. The zero-order chi connectivity index (χ0) is 11.8. The molecule has 0 aliphatic heterocycles. The van der Waals surface area contributed by atoms with Crippen LogP contribution >= 0.6 is 0 Å². The van der Waals surface area contributed by atoms with Crippen molar-refractivity contribution in [3.8, 4) is 5.75 Å². The van der Waals surface area contributed by atoms with Crippen LogP contribution in [0.15, 0.2) is 24.3 Å². The Labute approximate surface area is 94.7 Å². The molecule has 0 amide bonds. The minimum absolute atomic E-state index is 0.143. The van der Waals surface area contributed by atoms with Gasteiger partial charge in [-0.05, 0) is 17.6 Å². The molecule has 0 bridgehead atoms. The largest absolute Gasteiger partial charge is 0.488 e. The van der Waals surface area contributed by atoms with Crippen LogP contribution in [0.25, 0.3) is 0 Å². The smallest absolute Gasteiger partial charge is 0.468 e. The fourth-order valence-corrected chi connectivity index (χ4v) is 1.05. The summed E-state index contributed by atoms with van der Waals surface area (Å²) in [5, 5.41) is 17.7. The van der Waals surface area contributed by atoms with Crippen LogP contribution in [0.5, 0.6) is 5.75 Å². The molecule has 0 saturated heterocycles. The molecule has 0 radical (unpaired) electrons. The Bertz CT molecular complexity index is 288. The lowest BCUT2D eigenvalue weighted by atomic mass is 9.80. The number of ether oxygens (including phenoxy) is 3. The van der Waals surface area contributed by atoms with E-state index >= 15 is 0 Å². The van der Waals surface area contributed by atoms with Gasteiger partial charge in [-0.1, -0.05) is 12.1 Å². The molecule has 5 nitrogen and oxygen atoms in total. The third-order valence-corrected chi connectivity index (χ3v) is 1.92. The molecule has 1 rings (SSSR count). The van der Waals surface area contributed by atoms with Gasteiger partial charge in [0.15, 0.2) is 6.79 Å². The van der Waals surface area contributed by atoms with Crippen LogP contribution < -0.4 is 10.2 Å². The van der Waals surface area contributed by atoms with Gasteiger partial charge in [-0.2, -0.15) is 0 Å².